The summed E-state index contributed by atoms with van der Waals surface area (Å²) in [4.78, 5) is 39.4. The Morgan fingerprint density at radius 1 is 1.06 bits per heavy atom. The second-order valence-corrected chi connectivity index (χ2v) is 8.62. The summed E-state index contributed by atoms with van der Waals surface area (Å²) in [6.45, 7) is -0.237. The van der Waals surface area contributed by atoms with Gasteiger partial charge in [0.2, 0.25) is 0 Å². The van der Waals surface area contributed by atoms with Crippen molar-refractivity contribution in [2.75, 3.05) is 19.8 Å². The number of alkyl carbamates (subject to hydrolysis) is 1. The molecule has 2 aromatic carbocycles. The van der Waals surface area contributed by atoms with Gasteiger partial charge in [0.1, 0.15) is 12.3 Å². The average molecular weight is 482 g/mol. The van der Waals surface area contributed by atoms with Gasteiger partial charge in [-0.05, 0) is 22.3 Å². The van der Waals surface area contributed by atoms with Gasteiger partial charge in [0, 0.05) is 24.3 Å². The lowest BCUT2D eigenvalue weighted by Crippen LogP contribution is -2.43. The van der Waals surface area contributed by atoms with Crippen molar-refractivity contribution in [3.63, 3.8) is 0 Å². The number of hydrogen-bond donors (Lipinski definition) is 4. The van der Waals surface area contributed by atoms with Crippen molar-refractivity contribution >= 4 is 29.3 Å². The zero-order chi connectivity index (χ0) is 24.1. The van der Waals surface area contributed by atoms with Crippen LogP contribution in [-0.2, 0) is 16.0 Å². The predicted octanol–water partition coefficient (Wildman–Crippen LogP) is 2.40. The number of carboxylic acids is 1. The molecule has 4 N–H and O–H groups in total. The Morgan fingerprint density at radius 3 is 2.32 bits per heavy atom. The summed E-state index contributed by atoms with van der Waals surface area (Å²) in [5.74, 6) is -2.04. The molecule has 0 spiro atoms. The SMILES string of the molecule is O=C(NCCc1nc(C(=O)N[C@H](CO)C(=O)O)cs1)OCC1c2ccccc2-c2ccccc21. The first-order valence-corrected chi connectivity index (χ1v) is 11.5. The third kappa shape index (κ3) is 5.08. The van der Waals surface area contributed by atoms with Crippen LogP contribution in [0.15, 0.2) is 53.9 Å². The van der Waals surface area contributed by atoms with E-state index in [0.717, 1.165) is 22.3 Å². The Labute approximate surface area is 199 Å². The van der Waals surface area contributed by atoms with Crippen LogP contribution in [0.5, 0.6) is 0 Å². The molecule has 1 aromatic heterocycles. The van der Waals surface area contributed by atoms with Gasteiger partial charge in [-0.15, -0.1) is 11.3 Å². The molecule has 176 valence electrons. The molecule has 9 nitrogen and oxygen atoms in total. The Hall–Kier alpha value is -3.76. The Bertz CT molecular complexity index is 1170. The van der Waals surface area contributed by atoms with Gasteiger partial charge < -0.3 is 25.6 Å². The number of carbonyl (C=O) groups excluding carboxylic acids is 2. The van der Waals surface area contributed by atoms with Gasteiger partial charge >= 0.3 is 12.1 Å². The first-order valence-electron chi connectivity index (χ1n) is 10.7. The number of carboxylic acid groups (broad SMARTS) is 1. The number of nitrogens with zero attached hydrogens (tertiary/aromatic N) is 1. The van der Waals surface area contributed by atoms with E-state index in [4.69, 9.17) is 14.9 Å². The van der Waals surface area contributed by atoms with Gasteiger partial charge in [-0.25, -0.2) is 14.6 Å². The van der Waals surface area contributed by atoms with Crippen molar-refractivity contribution in [1.29, 1.82) is 0 Å². The van der Waals surface area contributed by atoms with Crippen molar-refractivity contribution in [3.8, 4) is 11.1 Å². The highest BCUT2D eigenvalue weighted by Crippen LogP contribution is 2.44. The Morgan fingerprint density at radius 2 is 1.71 bits per heavy atom. The minimum Gasteiger partial charge on any atom is -0.480 e. The quantitative estimate of drug-likeness (QED) is 0.368. The third-order valence-electron chi connectivity index (χ3n) is 5.52. The van der Waals surface area contributed by atoms with Gasteiger partial charge in [0.15, 0.2) is 6.04 Å². The summed E-state index contributed by atoms with van der Waals surface area (Å²) in [6, 6.07) is 14.8. The minimum absolute atomic E-state index is 0.0215. The molecule has 3 aromatic rings. The molecule has 10 heteroatoms. The lowest BCUT2D eigenvalue weighted by atomic mass is 9.98. The second-order valence-electron chi connectivity index (χ2n) is 7.68. The summed E-state index contributed by atoms with van der Waals surface area (Å²) in [5.41, 5.74) is 4.64. The van der Waals surface area contributed by atoms with Gasteiger partial charge in [0.05, 0.1) is 11.6 Å². The normalized spacial score (nSPS) is 13.0. The maximum atomic E-state index is 12.3. The predicted molar refractivity (Wildman–Crippen MR) is 125 cm³/mol. The molecule has 34 heavy (non-hydrogen) atoms. The number of amides is 2. The smallest absolute Gasteiger partial charge is 0.407 e. The highest BCUT2D eigenvalue weighted by molar-refractivity contribution is 7.09. The van der Waals surface area contributed by atoms with Crippen molar-refractivity contribution in [1.82, 2.24) is 15.6 Å². The summed E-state index contributed by atoms with van der Waals surface area (Å²) >= 11 is 1.22. The molecule has 1 aliphatic carbocycles. The molecule has 4 rings (SSSR count). The molecule has 0 aliphatic heterocycles. The van der Waals surface area contributed by atoms with Crippen LogP contribution in [0.4, 0.5) is 4.79 Å². The van der Waals surface area contributed by atoms with Crippen molar-refractivity contribution < 1.29 is 29.3 Å². The van der Waals surface area contributed by atoms with E-state index in [1.165, 1.54) is 16.7 Å². The Balaban J connectivity index is 1.26. The van der Waals surface area contributed by atoms with Crippen molar-refractivity contribution in [3.05, 3.63) is 75.7 Å². The van der Waals surface area contributed by atoms with Crippen molar-refractivity contribution in [2.45, 2.75) is 18.4 Å². The van der Waals surface area contributed by atoms with E-state index in [9.17, 15) is 14.4 Å². The van der Waals surface area contributed by atoms with E-state index in [1.807, 2.05) is 24.3 Å². The van der Waals surface area contributed by atoms with Crippen LogP contribution in [-0.4, -0.2) is 59.0 Å². The third-order valence-corrected chi connectivity index (χ3v) is 6.43. The number of nitrogens with one attached hydrogen (secondary N) is 2. The molecule has 0 saturated heterocycles. The molecule has 1 aliphatic rings. The number of thiazole rings is 1. The maximum absolute atomic E-state index is 12.3. The topological polar surface area (TPSA) is 138 Å². The van der Waals surface area contributed by atoms with E-state index >= 15 is 0 Å². The zero-order valence-electron chi connectivity index (χ0n) is 18.1. The largest absolute Gasteiger partial charge is 0.480 e. The lowest BCUT2D eigenvalue weighted by molar-refractivity contribution is -0.140. The molecule has 2 amide bonds. The minimum atomic E-state index is -1.40. The second kappa shape index (κ2) is 10.4. The summed E-state index contributed by atoms with van der Waals surface area (Å²) in [6.07, 6.45) is -0.159. The Kier molecular flexibility index (Phi) is 7.19. The summed E-state index contributed by atoms with van der Waals surface area (Å²) in [7, 11) is 0. The van der Waals surface area contributed by atoms with E-state index < -0.39 is 30.6 Å². The number of ether oxygens (including phenoxy) is 1. The van der Waals surface area contributed by atoms with Gasteiger partial charge in [0.25, 0.3) is 5.91 Å². The van der Waals surface area contributed by atoms with E-state index in [0.29, 0.717) is 11.4 Å². The standard InChI is InChI=1S/C24H23N3O6S/c28-11-19(23(30)31)27-22(29)20-13-34-21(26-20)9-10-25-24(32)33-12-18-16-7-3-1-5-14(16)15-6-2-4-8-17(15)18/h1-8,13,18-19,28H,9-12H2,(H,25,32)(H,27,29)(H,30,31)/t19-/m1/s1. The van der Waals surface area contributed by atoms with Crippen LogP contribution in [0.25, 0.3) is 11.1 Å². The fourth-order valence-electron chi connectivity index (χ4n) is 3.87. The van der Waals surface area contributed by atoms with Crippen LogP contribution in [0.1, 0.15) is 32.5 Å². The molecule has 0 saturated carbocycles. The average Bonchev–Trinajstić information content (AvgIpc) is 3.44. The van der Waals surface area contributed by atoms with Crippen LogP contribution in [0, 0.1) is 0 Å². The number of hydrogen-bond acceptors (Lipinski definition) is 7. The maximum Gasteiger partial charge on any atom is 0.407 e. The highest BCUT2D eigenvalue weighted by atomic mass is 32.1. The van der Waals surface area contributed by atoms with E-state index in [2.05, 4.69) is 39.9 Å². The summed E-state index contributed by atoms with van der Waals surface area (Å²) in [5, 5.41) is 24.9. The van der Waals surface area contributed by atoms with E-state index in [-0.39, 0.29) is 24.8 Å². The lowest BCUT2D eigenvalue weighted by Gasteiger charge is -2.14. The number of aliphatic hydroxyl groups is 1. The highest BCUT2D eigenvalue weighted by Gasteiger charge is 2.29. The van der Waals surface area contributed by atoms with Gasteiger partial charge in [-0.2, -0.15) is 0 Å². The number of carbonyl (C=O) groups is 3. The number of benzene rings is 2. The molecule has 1 atom stereocenters. The molecular weight excluding hydrogens is 458 g/mol. The molecule has 1 heterocycles. The van der Waals surface area contributed by atoms with Gasteiger partial charge in [-0.1, -0.05) is 48.5 Å². The number of aliphatic carboxylic acids is 1. The van der Waals surface area contributed by atoms with Crippen LogP contribution in [0.2, 0.25) is 0 Å². The molecule has 0 fully saturated rings. The number of aromatic nitrogens is 1. The van der Waals surface area contributed by atoms with Crippen LogP contribution in [0.3, 0.4) is 0 Å². The first-order chi connectivity index (χ1) is 16.5. The molecule has 0 unspecified atom stereocenters. The summed E-state index contributed by atoms with van der Waals surface area (Å²) < 4.78 is 5.49. The number of aliphatic hydroxyl groups excluding tert-OH is 1. The monoisotopic (exact) mass is 481 g/mol. The van der Waals surface area contributed by atoms with Gasteiger partial charge in [-0.3, -0.25) is 4.79 Å². The molecular formula is C24H23N3O6S. The number of rotatable bonds is 9. The zero-order valence-corrected chi connectivity index (χ0v) is 18.9. The fraction of sp³-hybridized carbons (Fsp3) is 0.250. The van der Waals surface area contributed by atoms with Crippen LogP contribution >= 0.6 is 11.3 Å². The molecule has 0 bridgehead atoms. The molecule has 0 radical (unpaired) electrons. The van der Waals surface area contributed by atoms with Crippen molar-refractivity contribution in [2.24, 2.45) is 0 Å². The fourth-order valence-corrected chi connectivity index (χ4v) is 4.65. The van der Waals surface area contributed by atoms with E-state index in [1.54, 1.807) is 0 Å². The first kappa shape index (κ1) is 23.4. The van der Waals surface area contributed by atoms with Crippen LogP contribution < -0.4 is 10.6 Å². The number of fused-ring (bicyclic) bond motifs is 3.